The first kappa shape index (κ1) is 31.9. The van der Waals surface area contributed by atoms with Crippen LogP contribution in [0.3, 0.4) is 0 Å². The van der Waals surface area contributed by atoms with Gasteiger partial charge in [0.15, 0.2) is 5.96 Å². The molecule has 0 spiro atoms. The Hall–Kier alpha value is -4.31. The van der Waals surface area contributed by atoms with Crippen molar-refractivity contribution in [2.24, 2.45) is 22.2 Å². The molecular formula is C24H35N9O6S. The van der Waals surface area contributed by atoms with Gasteiger partial charge in [-0.3, -0.25) is 19.4 Å². The predicted octanol–water partition coefficient (Wildman–Crippen LogP) is -2.25. The number of carboxylic acid groups (broad SMARTS) is 1. The summed E-state index contributed by atoms with van der Waals surface area (Å²) in [6.45, 7) is 0.156. The number of aromatic amines is 1. The molecule has 3 amide bonds. The van der Waals surface area contributed by atoms with E-state index in [9.17, 15) is 29.4 Å². The fourth-order valence-corrected chi connectivity index (χ4v) is 3.74. The number of nitrogens with zero attached hydrogens (tertiary/aromatic N) is 2. The van der Waals surface area contributed by atoms with Gasteiger partial charge in [0.25, 0.3) is 0 Å². The Morgan fingerprint density at radius 3 is 2.17 bits per heavy atom. The van der Waals surface area contributed by atoms with Gasteiger partial charge in [0, 0.05) is 37.0 Å². The third kappa shape index (κ3) is 10.8. The zero-order chi connectivity index (χ0) is 29.7. The molecule has 2 rings (SSSR count). The Morgan fingerprint density at radius 1 is 0.975 bits per heavy atom. The van der Waals surface area contributed by atoms with E-state index in [1.54, 1.807) is 12.1 Å². The molecule has 218 valence electrons. The van der Waals surface area contributed by atoms with Gasteiger partial charge in [-0.05, 0) is 30.5 Å². The van der Waals surface area contributed by atoms with Crippen molar-refractivity contribution < 1.29 is 29.4 Å². The second kappa shape index (κ2) is 15.9. The number of aromatic hydroxyl groups is 1. The molecular weight excluding hydrogens is 542 g/mol. The van der Waals surface area contributed by atoms with Gasteiger partial charge in [-0.25, -0.2) is 9.78 Å². The highest BCUT2D eigenvalue weighted by Crippen LogP contribution is 2.12. The minimum Gasteiger partial charge on any atom is -0.508 e. The lowest BCUT2D eigenvalue weighted by atomic mass is 10.0. The van der Waals surface area contributed by atoms with Crippen molar-refractivity contribution in [1.82, 2.24) is 25.9 Å². The summed E-state index contributed by atoms with van der Waals surface area (Å²) in [4.78, 5) is 61.4. The molecule has 40 heavy (non-hydrogen) atoms. The zero-order valence-corrected chi connectivity index (χ0v) is 22.5. The quantitative estimate of drug-likeness (QED) is 0.0443. The highest BCUT2D eigenvalue weighted by Gasteiger charge is 2.30. The Labute approximate surface area is 235 Å². The number of rotatable bonds is 16. The molecule has 0 radical (unpaired) electrons. The number of carbonyl (C=O) groups excluding carboxylic acids is 3. The monoisotopic (exact) mass is 577 g/mol. The van der Waals surface area contributed by atoms with Gasteiger partial charge in [-0.2, -0.15) is 12.6 Å². The van der Waals surface area contributed by atoms with Gasteiger partial charge in [0.2, 0.25) is 17.7 Å². The van der Waals surface area contributed by atoms with E-state index in [4.69, 9.17) is 17.2 Å². The molecule has 1 heterocycles. The van der Waals surface area contributed by atoms with E-state index < -0.39 is 47.9 Å². The van der Waals surface area contributed by atoms with Crippen LogP contribution < -0.4 is 33.2 Å². The predicted molar refractivity (Wildman–Crippen MR) is 149 cm³/mol. The molecule has 0 saturated heterocycles. The van der Waals surface area contributed by atoms with E-state index in [1.807, 2.05) is 0 Å². The molecule has 0 fully saturated rings. The van der Waals surface area contributed by atoms with Gasteiger partial charge in [0.05, 0.1) is 12.4 Å². The van der Waals surface area contributed by atoms with Crippen LogP contribution in [-0.4, -0.2) is 86.3 Å². The number of benzene rings is 1. The zero-order valence-electron chi connectivity index (χ0n) is 21.6. The van der Waals surface area contributed by atoms with Crippen molar-refractivity contribution in [3.05, 3.63) is 48.0 Å². The first-order valence-corrected chi connectivity index (χ1v) is 12.9. The molecule has 1 aromatic carbocycles. The minimum absolute atomic E-state index is 0.0110. The molecule has 4 atom stereocenters. The molecule has 12 N–H and O–H groups in total. The van der Waals surface area contributed by atoms with E-state index in [2.05, 4.69) is 43.5 Å². The van der Waals surface area contributed by atoms with Crippen LogP contribution in [0.15, 0.2) is 41.8 Å². The van der Waals surface area contributed by atoms with Crippen molar-refractivity contribution in [3.8, 4) is 5.75 Å². The van der Waals surface area contributed by atoms with Gasteiger partial charge < -0.3 is 48.3 Å². The molecule has 2 aromatic rings. The van der Waals surface area contributed by atoms with Crippen LogP contribution in [0.25, 0.3) is 0 Å². The van der Waals surface area contributed by atoms with Gasteiger partial charge in [-0.1, -0.05) is 12.1 Å². The first-order chi connectivity index (χ1) is 19.0. The summed E-state index contributed by atoms with van der Waals surface area (Å²) in [7, 11) is 0. The maximum atomic E-state index is 13.4. The summed E-state index contributed by atoms with van der Waals surface area (Å²) in [6, 6.07) is 1.36. The molecule has 0 saturated carbocycles. The van der Waals surface area contributed by atoms with Crippen LogP contribution in [0.4, 0.5) is 0 Å². The van der Waals surface area contributed by atoms with E-state index in [0.29, 0.717) is 11.3 Å². The molecule has 4 unspecified atom stereocenters. The third-order valence-corrected chi connectivity index (χ3v) is 6.11. The maximum Gasteiger partial charge on any atom is 0.326 e. The Balaban J connectivity index is 2.24. The summed E-state index contributed by atoms with van der Waals surface area (Å²) >= 11 is 4.01. The van der Waals surface area contributed by atoms with Crippen LogP contribution in [0.5, 0.6) is 5.75 Å². The van der Waals surface area contributed by atoms with Crippen molar-refractivity contribution in [3.63, 3.8) is 0 Å². The Morgan fingerprint density at radius 2 is 1.60 bits per heavy atom. The fraction of sp³-hybridized carbons (Fsp3) is 0.417. The number of guanidine groups is 1. The molecule has 0 aliphatic rings. The number of aromatic nitrogens is 2. The normalized spacial score (nSPS) is 13.8. The van der Waals surface area contributed by atoms with Crippen LogP contribution in [0.1, 0.15) is 24.1 Å². The number of nitrogens with one attached hydrogen (secondary N) is 4. The lowest BCUT2D eigenvalue weighted by Crippen LogP contribution is -2.58. The molecule has 1 aromatic heterocycles. The molecule has 0 aliphatic heterocycles. The van der Waals surface area contributed by atoms with E-state index >= 15 is 0 Å². The lowest BCUT2D eigenvalue weighted by Gasteiger charge is -2.25. The molecule has 16 heteroatoms. The van der Waals surface area contributed by atoms with Crippen LogP contribution >= 0.6 is 12.6 Å². The Bertz CT molecular complexity index is 1160. The number of hydrogen-bond acceptors (Lipinski definition) is 9. The minimum atomic E-state index is -1.31. The number of nitrogens with two attached hydrogens (primary N) is 3. The van der Waals surface area contributed by atoms with Gasteiger partial charge >= 0.3 is 5.97 Å². The van der Waals surface area contributed by atoms with Crippen molar-refractivity contribution in [2.75, 3.05) is 12.3 Å². The number of aliphatic imine (C=N–C) groups is 1. The van der Waals surface area contributed by atoms with E-state index in [-0.39, 0.29) is 49.7 Å². The third-order valence-electron chi connectivity index (χ3n) is 5.71. The summed E-state index contributed by atoms with van der Waals surface area (Å²) in [5.41, 5.74) is 17.6. The maximum absolute atomic E-state index is 13.4. The van der Waals surface area contributed by atoms with Crippen molar-refractivity contribution in [2.45, 2.75) is 49.9 Å². The summed E-state index contributed by atoms with van der Waals surface area (Å²) < 4.78 is 0. The number of carboxylic acids is 1. The van der Waals surface area contributed by atoms with Crippen molar-refractivity contribution >= 4 is 42.3 Å². The number of phenolic OH excluding ortho intramolecular Hbond substituents is 1. The first-order valence-electron chi connectivity index (χ1n) is 12.3. The lowest BCUT2D eigenvalue weighted by molar-refractivity contribution is -0.142. The second-order valence-corrected chi connectivity index (χ2v) is 9.28. The van der Waals surface area contributed by atoms with Gasteiger partial charge in [0.1, 0.15) is 23.9 Å². The van der Waals surface area contributed by atoms with Crippen LogP contribution in [-0.2, 0) is 32.0 Å². The number of aliphatic carboxylic acids is 1. The number of hydrogen-bond donors (Lipinski definition) is 10. The van der Waals surface area contributed by atoms with E-state index in [1.165, 1.54) is 24.7 Å². The summed E-state index contributed by atoms with van der Waals surface area (Å²) in [5, 5.41) is 26.8. The largest absolute Gasteiger partial charge is 0.508 e. The average molecular weight is 578 g/mol. The SMILES string of the molecule is NC(N)=NCCCC(NC(=O)C(Cc1ccc(O)cc1)NC(=O)C(N)CS)C(=O)NC(Cc1cnc[nH]1)C(=O)O. The number of imidazole rings is 1. The van der Waals surface area contributed by atoms with Crippen LogP contribution in [0, 0.1) is 0 Å². The van der Waals surface area contributed by atoms with Crippen LogP contribution in [0.2, 0.25) is 0 Å². The summed E-state index contributed by atoms with van der Waals surface area (Å²) in [5.74, 6) is -3.48. The molecule has 15 nitrogen and oxygen atoms in total. The van der Waals surface area contributed by atoms with Crippen molar-refractivity contribution in [1.29, 1.82) is 0 Å². The fourth-order valence-electron chi connectivity index (χ4n) is 3.57. The molecule has 0 bridgehead atoms. The highest BCUT2D eigenvalue weighted by molar-refractivity contribution is 7.80. The van der Waals surface area contributed by atoms with Gasteiger partial charge in [-0.15, -0.1) is 0 Å². The number of H-pyrrole nitrogens is 1. The summed E-state index contributed by atoms with van der Waals surface area (Å²) in [6.07, 6.45) is 3.08. The smallest absolute Gasteiger partial charge is 0.326 e. The average Bonchev–Trinajstić information content (AvgIpc) is 3.43. The highest BCUT2D eigenvalue weighted by atomic mass is 32.1. The standard InChI is InChI=1S/C24H35N9O6S/c25-16(11-40)20(35)32-18(8-13-3-5-15(34)6-4-13)22(37)31-17(2-1-7-29-24(26)27)21(36)33-19(23(38)39)9-14-10-28-12-30-14/h3-6,10,12,16-19,34,40H,1-2,7-9,11,25H2,(H,28,30)(H,31,37)(H,32,35)(H,33,36)(H,38,39)(H4,26,27,29). The number of amides is 3. The number of thiol groups is 1. The molecule has 0 aliphatic carbocycles. The Kier molecular flexibility index (Phi) is 12.7. The second-order valence-electron chi connectivity index (χ2n) is 8.91. The topological polar surface area (TPSA) is 264 Å². The van der Waals surface area contributed by atoms with E-state index in [0.717, 1.165) is 0 Å². The number of carbonyl (C=O) groups is 4. The number of phenols is 1.